The van der Waals surface area contributed by atoms with Crippen LogP contribution in [0.25, 0.3) is 32.1 Å². The topological polar surface area (TPSA) is 172 Å². The van der Waals surface area contributed by atoms with E-state index in [9.17, 15) is 32.0 Å². The first kappa shape index (κ1) is 42.0. The monoisotopic (exact) mass is 851 g/mol. The summed E-state index contributed by atoms with van der Waals surface area (Å²) in [4.78, 5) is 29.3. The number of benzene rings is 2. The summed E-state index contributed by atoms with van der Waals surface area (Å²) in [6.07, 6.45) is 1.84. The normalized spacial score (nSPS) is 17.2. The zero-order chi connectivity index (χ0) is 42.9. The summed E-state index contributed by atoms with van der Waals surface area (Å²) < 4.78 is 99.6. The number of H-pyrrole nitrogens is 1. The van der Waals surface area contributed by atoms with E-state index in [1.807, 2.05) is 13.0 Å². The molecule has 0 amide bonds. The zero-order valence-electron chi connectivity index (χ0n) is 32.4. The maximum atomic E-state index is 16.6. The second-order valence-electron chi connectivity index (χ2n) is 14.3. The Bertz CT molecular complexity index is 2630. The Hall–Kier alpha value is -6.13. The summed E-state index contributed by atoms with van der Waals surface area (Å²) in [7, 11) is 1.23. The van der Waals surface area contributed by atoms with E-state index in [4.69, 9.17) is 20.9 Å². The van der Waals surface area contributed by atoms with Gasteiger partial charge in [-0.15, -0.1) is 11.3 Å². The molecule has 5 N–H and O–H groups in total. The molecule has 0 spiro atoms. The molecule has 0 aliphatic carbocycles. The number of halogens is 6. The minimum absolute atomic E-state index is 0.0347. The van der Waals surface area contributed by atoms with Crippen LogP contribution in [-0.4, -0.2) is 70.4 Å². The molecule has 2 unspecified atom stereocenters. The van der Waals surface area contributed by atoms with Gasteiger partial charge in [0.15, 0.2) is 5.82 Å². The molecule has 7 heterocycles. The van der Waals surface area contributed by atoms with Crippen LogP contribution in [-0.2, 0) is 19.1 Å². The molecule has 9 rings (SSSR count). The van der Waals surface area contributed by atoms with Crippen molar-refractivity contribution in [3.05, 3.63) is 93.0 Å². The fourth-order valence-corrected chi connectivity index (χ4v) is 8.71. The van der Waals surface area contributed by atoms with E-state index < -0.39 is 51.9 Å². The number of nitrogens with zero attached hydrogens (tertiary/aromatic N) is 6. The Labute approximate surface area is 343 Å². The van der Waals surface area contributed by atoms with E-state index in [1.165, 1.54) is 26.1 Å². The van der Waals surface area contributed by atoms with Crippen molar-refractivity contribution in [2.75, 3.05) is 49.7 Å². The van der Waals surface area contributed by atoms with Gasteiger partial charge in [-0.2, -0.15) is 28.4 Å². The zero-order valence-corrected chi connectivity index (χ0v) is 33.2. The number of alkyl halides is 4. The van der Waals surface area contributed by atoms with Gasteiger partial charge in [0.05, 0.1) is 29.3 Å². The number of thiophene rings is 1. The number of pyridine rings is 2. The lowest BCUT2D eigenvalue weighted by Gasteiger charge is -2.24. The minimum Gasteiger partial charge on any atom is -0.490 e. The van der Waals surface area contributed by atoms with E-state index in [-0.39, 0.29) is 68.9 Å². The number of nitriles is 1. The van der Waals surface area contributed by atoms with Crippen molar-refractivity contribution < 1.29 is 35.8 Å². The van der Waals surface area contributed by atoms with Gasteiger partial charge >= 0.3 is 12.2 Å². The number of aromatic amines is 1. The molecular formula is C41H39F6N9O3S. The molecule has 12 nitrogen and oxygen atoms in total. The first-order valence-electron chi connectivity index (χ1n) is 19.0. The van der Waals surface area contributed by atoms with Crippen LogP contribution in [0, 0.1) is 23.0 Å². The van der Waals surface area contributed by atoms with Gasteiger partial charge in [-0.05, 0) is 55.5 Å². The van der Waals surface area contributed by atoms with E-state index in [2.05, 4.69) is 24.8 Å². The van der Waals surface area contributed by atoms with Gasteiger partial charge in [0.2, 0.25) is 5.56 Å². The van der Waals surface area contributed by atoms with Crippen molar-refractivity contribution in [2.24, 2.45) is 0 Å². The van der Waals surface area contributed by atoms with E-state index in [0.717, 1.165) is 37.1 Å². The van der Waals surface area contributed by atoms with Crippen LogP contribution in [0.4, 0.5) is 43.0 Å². The fraction of sp³-hybridized carbons (Fsp3) is 0.341. The first-order valence-corrected chi connectivity index (χ1v) is 19.8. The number of aromatic nitrogens is 4. The number of aryl methyl sites for hydroxylation is 1. The van der Waals surface area contributed by atoms with Crippen LogP contribution in [0.15, 0.2) is 53.6 Å². The molecule has 6 aromatic rings. The molecule has 3 aliphatic heterocycles. The van der Waals surface area contributed by atoms with Crippen LogP contribution in [0.5, 0.6) is 11.8 Å². The van der Waals surface area contributed by atoms with Crippen molar-refractivity contribution in [3.8, 4) is 29.0 Å². The second kappa shape index (κ2) is 17.2. The summed E-state index contributed by atoms with van der Waals surface area (Å²) in [5, 5.41) is 9.00. The number of nitrogen functional groups attached to an aromatic ring is 2. The van der Waals surface area contributed by atoms with Crippen LogP contribution in [0.2, 0.25) is 0 Å². The van der Waals surface area contributed by atoms with Gasteiger partial charge in [0, 0.05) is 54.1 Å². The number of fused-ring (bicyclic) bond motifs is 2. The SMILES string of the molecule is CCc1ccc(=O)[nH]c1.COc1nc2c3c(c(C(F)(F)F)c(-c4ccc(F)c5sc(N)c(C#N)c45)c(F)c3n1)OCCN2Cc1cccnc1N.FC1CC2CCCN2C1. The predicted octanol–water partition coefficient (Wildman–Crippen LogP) is 7.78. The Morgan fingerprint density at radius 2 is 1.92 bits per heavy atom. The molecule has 2 fully saturated rings. The number of methoxy groups -OCH3 is 1. The summed E-state index contributed by atoms with van der Waals surface area (Å²) in [5.74, 6) is -2.82. The lowest BCUT2D eigenvalue weighted by Crippen LogP contribution is -2.28. The number of ether oxygens (including phenoxy) is 2. The van der Waals surface area contributed by atoms with Crippen molar-refractivity contribution >= 4 is 49.0 Å². The summed E-state index contributed by atoms with van der Waals surface area (Å²) in [6.45, 7) is 3.74. The van der Waals surface area contributed by atoms with Crippen molar-refractivity contribution in [1.82, 2.24) is 24.8 Å². The third-order valence-corrected chi connectivity index (χ3v) is 11.6. The lowest BCUT2D eigenvalue weighted by atomic mass is 9.91. The smallest absolute Gasteiger partial charge is 0.420 e. The van der Waals surface area contributed by atoms with E-state index in [1.54, 1.807) is 35.4 Å². The average molecular weight is 852 g/mol. The molecule has 0 radical (unpaired) electrons. The number of nitrogens with two attached hydrogens (primary N) is 2. The highest BCUT2D eigenvalue weighted by atomic mass is 32.1. The fourth-order valence-electron chi connectivity index (χ4n) is 7.76. The highest BCUT2D eigenvalue weighted by molar-refractivity contribution is 7.23. The minimum atomic E-state index is -5.17. The number of hydrogen-bond acceptors (Lipinski definition) is 12. The maximum Gasteiger partial charge on any atom is 0.420 e. The Morgan fingerprint density at radius 1 is 1.12 bits per heavy atom. The highest BCUT2D eigenvalue weighted by Crippen LogP contribution is 2.53. The highest BCUT2D eigenvalue weighted by Gasteiger charge is 2.44. The number of anilines is 3. The molecule has 2 aromatic carbocycles. The first-order chi connectivity index (χ1) is 28.7. The van der Waals surface area contributed by atoms with E-state index >= 15 is 4.39 Å². The van der Waals surface area contributed by atoms with Gasteiger partial charge < -0.3 is 30.8 Å². The van der Waals surface area contributed by atoms with Crippen LogP contribution in [0.3, 0.4) is 0 Å². The molecule has 0 saturated carbocycles. The quantitative estimate of drug-likeness (QED) is 0.145. The molecule has 0 bridgehead atoms. The van der Waals surface area contributed by atoms with Gasteiger partial charge in [0.1, 0.15) is 58.1 Å². The molecule has 2 atom stereocenters. The van der Waals surface area contributed by atoms with E-state index in [0.29, 0.717) is 29.5 Å². The summed E-state index contributed by atoms with van der Waals surface area (Å²) in [6, 6.07) is 10.7. The third-order valence-electron chi connectivity index (χ3n) is 10.6. The van der Waals surface area contributed by atoms with Crippen LogP contribution < -0.4 is 31.4 Å². The average Bonchev–Trinajstić information content (AvgIpc) is 3.88. The Balaban J connectivity index is 0.000000246. The van der Waals surface area contributed by atoms with Gasteiger partial charge in [-0.3, -0.25) is 9.69 Å². The summed E-state index contributed by atoms with van der Waals surface area (Å²) in [5.41, 5.74) is 9.94. The Morgan fingerprint density at radius 3 is 2.58 bits per heavy atom. The van der Waals surface area contributed by atoms with Gasteiger partial charge in [0.25, 0.3) is 0 Å². The van der Waals surface area contributed by atoms with Crippen LogP contribution in [0.1, 0.15) is 48.4 Å². The largest absolute Gasteiger partial charge is 0.490 e. The Kier molecular flexibility index (Phi) is 12.1. The molecule has 19 heteroatoms. The van der Waals surface area contributed by atoms with Crippen LogP contribution >= 0.6 is 11.3 Å². The molecule has 2 saturated heterocycles. The molecule has 4 aromatic heterocycles. The van der Waals surface area contributed by atoms with Crippen molar-refractivity contribution in [1.29, 1.82) is 5.26 Å². The molecular weight excluding hydrogens is 813 g/mol. The van der Waals surface area contributed by atoms with Gasteiger partial charge in [-0.1, -0.05) is 25.1 Å². The predicted molar refractivity (Wildman–Crippen MR) is 217 cm³/mol. The van der Waals surface area contributed by atoms with Crippen molar-refractivity contribution in [3.63, 3.8) is 0 Å². The maximum absolute atomic E-state index is 16.6. The number of nitrogens with one attached hydrogen (secondary N) is 1. The third kappa shape index (κ3) is 8.21. The number of hydrogen-bond donors (Lipinski definition) is 3. The number of rotatable bonds is 5. The molecule has 60 heavy (non-hydrogen) atoms. The molecule has 314 valence electrons. The molecule has 3 aliphatic rings. The van der Waals surface area contributed by atoms with Crippen molar-refractivity contribution in [2.45, 2.75) is 57.5 Å². The standard InChI is InChI=1S/C27H18F5N7O2S.C7H12FN.C7H9NO/c1-40-26-37-20-17-21(41-8-7-39(25(17)38-26)10-11-3-2-6-36-23(11)34)18(27(30,31)32)16(19(20)29)12-4-5-14(28)22-15(12)13(9-33)24(35)42-22;8-6-4-7-2-1-3-9(7)5-6;1-2-6-3-4-7(9)8-5-6/h2-6H,7-8,10,35H2,1H3,(H2,34,36);6-7H,1-5H2;3-5H,2H2,1H3,(H,8,9). The lowest BCUT2D eigenvalue weighted by molar-refractivity contribution is -0.138. The summed E-state index contributed by atoms with van der Waals surface area (Å²) >= 11 is 0.675. The van der Waals surface area contributed by atoms with Gasteiger partial charge in [-0.25, -0.2) is 18.2 Å². The second-order valence-corrected chi connectivity index (χ2v) is 15.3.